The van der Waals surface area contributed by atoms with Crippen molar-refractivity contribution in [1.82, 2.24) is 10.2 Å². The van der Waals surface area contributed by atoms with Crippen LogP contribution >= 0.6 is 0 Å². The van der Waals surface area contributed by atoms with Crippen molar-refractivity contribution in [1.29, 1.82) is 0 Å². The van der Waals surface area contributed by atoms with Gasteiger partial charge in [0.1, 0.15) is 0 Å². The highest BCUT2D eigenvalue weighted by molar-refractivity contribution is 5.89. The van der Waals surface area contributed by atoms with Gasteiger partial charge in [0.2, 0.25) is 5.91 Å². The number of piperidine rings is 1. The highest BCUT2D eigenvalue weighted by atomic mass is 16.2. The topological polar surface area (TPSA) is 86.2 Å². The number of nitrogens with zero attached hydrogens (tertiary/aromatic N) is 3. The molecule has 0 spiro atoms. The van der Waals surface area contributed by atoms with Crippen LogP contribution in [0.25, 0.3) is 0 Å². The Hall–Kier alpha value is -3.22. The van der Waals surface area contributed by atoms with Gasteiger partial charge in [-0.1, -0.05) is 32.0 Å². The second-order valence-corrected chi connectivity index (χ2v) is 7.79. The maximum atomic E-state index is 12.5. The number of benzene rings is 2. The first kappa shape index (κ1) is 22.5. The molecule has 2 aromatic carbocycles. The highest BCUT2D eigenvalue weighted by Gasteiger charge is 2.27. The van der Waals surface area contributed by atoms with E-state index in [0.29, 0.717) is 24.5 Å². The molecule has 2 aromatic rings. The van der Waals surface area contributed by atoms with E-state index in [-0.39, 0.29) is 23.9 Å². The molecule has 3 amide bonds. The second-order valence-electron chi connectivity index (χ2n) is 7.79. The normalized spacial score (nSPS) is 14.7. The molecule has 0 aliphatic carbocycles. The summed E-state index contributed by atoms with van der Waals surface area (Å²) in [6.07, 6.45) is 3.31. The van der Waals surface area contributed by atoms with E-state index in [4.69, 9.17) is 0 Å². The average molecular weight is 422 g/mol. The number of carbonyl (C=O) groups is 2. The monoisotopic (exact) mass is 421 g/mol. The number of hydrogen-bond donors (Lipinski definition) is 2. The predicted octanol–water partition coefficient (Wildman–Crippen LogP) is 5.65. The van der Waals surface area contributed by atoms with Crippen LogP contribution in [0.2, 0.25) is 0 Å². The van der Waals surface area contributed by atoms with Crippen molar-refractivity contribution < 1.29 is 9.59 Å². The van der Waals surface area contributed by atoms with E-state index in [1.54, 1.807) is 12.1 Å². The fourth-order valence-electron chi connectivity index (χ4n) is 3.71. The number of carbonyl (C=O) groups excluding carboxylic acids is 2. The molecule has 0 atom stereocenters. The molecule has 31 heavy (non-hydrogen) atoms. The van der Waals surface area contributed by atoms with Crippen molar-refractivity contribution in [3.05, 3.63) is 54.6 Å². The highest BCUT2D eigenvalue weighted by Crippen LogP contribution is 2.21. The lowest BCUT2D eigenvalue weighted by Gasteiger charge is -2.34. The van der Waals surface area contributed by atoms with Gasteiger partial charge in [0.25, 0.3) is 0 Å². The van der Waals surface area contributed by atoms with Crippen LogP contribution in [0.15, 0.2) is 64.8 Å². The van der Waals surface area contributed by atoms with Crippen LogP contribution in [0.4, 0.5) is 21.9 Å². The van der Waals surface area contributed by atoms with Crippen LogP contribution in [0.5, 0.6) is 0 Å². The third-order valence-electron chi connectivity index (χ3n) is 5.64. The van der Waals surface area contributed by atoms with Gasteiger partial charge in [-0.25, -0.2) is 4.79 Å². The van der Waals surface area contributed by atoms with Crippen LogP contribution in [-0.2, 0) is 4.79 Å². The molecule has 1 aliphatic heterocycles. The molecule has 7 nitrogen and oxygen atoms in total. The molecule has 0 bridgehead atoms. The molecular formula is C24H31N5O2. The minimum Gasteiger partial charge on any atom is -0.342 e. The quantitative estimate of drug-likeness (QED) is 0.566. The van der Waals surface area contributed by atoms with Gasteiger partial charge in [0.05, 0.1) is 11.4 Å². The zero-order valence-electron chi connectivity index (χ0n) is 18.3. The number of hydrogen-bond acceptors (Lipinski definition) is 4. The van der Waals surface area contributed by atoms with Gasteiger partial charge in [-0.2, -0.15) is 10.2 Å². The molecular weight excluding hydrogens is 390 g/mol. The second kappa shape index (κ2) is 11.2. The number of nitrogens with one attached hydrogen (secondary N) is 2. The Morgan fingerprint density at radius 2 is 1.52 bits per heavy atom. The van der Waals surface area contributed by atoms with Crippen molar-refractivity contribution >= 4 is 29.0 Å². The minimum atomic E-state index is -0.233. The van der Waals surface area contributed by atoms with Gasteiger partial charge in [0, 0.05) is 30.7 Å². The first-order valence-electron chi connectivity index (χ1n) is 11.0. The molecule has 3 rings (SSSR count). The average Bonchev–Trinajstić information content (AvgIpc) is 2.80. The molecule has 1 heterocycles. The zero-order valence-corrected chi connectivity index (χ0v) is 18.3. The molecule has 2 N–H and O–H groups in total. The summed E-state index contributed by atoms with van der Waals surface area (Å²) in [5.41, 5.74) is 2.19. The van der Waals surface area contributed by atoms with Gasteiger partial charge in [-0.3, -0.25) is 4.79 Å². The minimum absolute atomic E-state index is 0.0738. The van der Waals surface area contributed by atoms with Crippen LogP contribution < -0.4 is 10.6 Å². The van der Waals surface area contributed by atoms with E-state index in [1.165, 1.54) is 0 Å². The van der Waals surface area contributed by atoms with E-state index < -0.39 is 0 Å². The predicted molar refractivity (Wildman–Crippen MR) is 123 cm³/mol. The Balaban J connectivity index is 1.44. The number of urea groups is 1. The summed E-state index contributed by atoms with van der Waals surface area (Å²) in [5.74, 6) is 0.361. The lowest BCUT2D eigenvalue weighted by Crippen LogP contribution is -2.48. The van der Waals surface area contributed by atoms with Crippen LogP contribution in [0, 0.1) is 5.92 Å². The summed E-state index contributed by atoms with van der Waals surface area (Å²) >= 11 is 0. The Kier molecular flexibility index (Phi) is 8.15. The maximum absolute atomic E-state index is 12.5. The van der Waals surface area contributed by atoms with E-state index in [2.05, 4.69) is 34.7 Å². The third-order valence-corrected chi connectivity index (χ3v) is 5.64. The molecule has 164 valence electrons. The van der Waals surface area contributed by atoms with Gasteiger partial charge >= 0.3 is 6.03 Å². The molecule has 0 saturated carbocycles. The first-order chi connectivity index (χ1) is 15.1. The molecule has 7 heteroatoms. The standard InChI is InChI=1S/C24H31N5O2/c1-3-18(4-2)23(30)29-16-14-20(15-17-29)26-24(31)25-19-10-12-22(13-11-19)28-27-21-8-6-5-7-9-21/h5-13,18,20H,3-4,14-17H2,1-2H3,(H2,25,26,31). The van der Waals surface area contributed by atoms with Gasteiger partial charge in [0.15, 0.2) is 0 Å². The fraction of sp³-hybridized carbons (Fsp3) is 0.417. The van der Waals surface area contributed by atoms with Gasteiger partial charge < -0.3 is 15.5 Å². The van der Waals surface area contributed by atoms with Crippen LogP contribution in [0.1, 0.15) is 39.5 Å². The SMILES string of the molecule is CCC(CC)C(=O)N1CCC(NC(=O)Nc2ccc(N=Nc3ccccc3)cc2)CC1. The van der Waals surface area contributed by atoms with Gasteiger partial charge in [-0.15, -0.1) is 0 Å². The molecule has 1 saturated heterocycles. The van der Waals surface area contributed by atoms with Crippen molar-refractivity contribution in [2.24, 2.45) is 16.1 Å². The summed E-state index contributed by atoms with van der Waals surface area (Å²) < 4.78 is 0. The van der Waals surface area contributed by atoms with Crippen LogP contribution in [-0.4, -0.2) is 36.0 Å². The first-order valence-corrected chi connectivity index (χ1v) is 11.0. The summed E-state index contributed by atoms with van der Waals surface area (Å²) in [6, 6.07) is 16.6. The van der Waals surface area contributed by atoms with E-state index in [1.807, 2.05) is 47.4 Å². The molecule has 1 fully saturated rings. The lowest BCUT2D eigenvalue weighted by molar-refractivity contribution is -0.136. The number of azo groups is 1. The Morgan fingerprint density at radius 3 is 2.10 bits per heavy atom. The Bertz CT molecular complexity index is 871. The van der Waals surface area contributed by atoms with Crippen molar-refractivity contribution in [3.63, 3.8) is 0 Å². The molecule has 0 radical (unpaired) electrons. The fourth-order valence-corrected chi connectivity index (χ4v) is 3.71. The largest absolute Gasteiger partial charge is 0.342 e. The number of rotatable bonds is 7. The van der Waals surface area contributed by atoms with E-state index in [0.717, 1.165) is 31.4 Å². The molecule has 1 aliphatic rings. The number of amides is 3. The Morgan fingerprint density at radius 1 is 0.935 bits per heavy atom. The van der Waals surface area contributed by atoms with Crippen LogP contribution in [0.3, 0.4) is 0 Å². The van der Waals surface area contributed by atoms with Gasteiger partial charge in [-0.05, 0) is 62.1 Å². The van der Waals surface area contributed by atoms with Crippen molar-refractivity contribution in [2.45, 2.75) is 45.6 Å². The van der Waals surface area contributed by atoms with E-state index >= 15 is 0 Å². The van der Waals surface area contributed by atoms with Crippen molar-refractivity contribution in [3.8, 4) is 0 Å². The Labute approximate surface area is 183 Å². The summed E-state index contributed by atoms with van der Waals surface area (Å²) in [5, 5.41) is 14.3. The van der Waals surface area contributed by atoms with Crippen molar-refractivity contribution in [2.75, 3.05) is 18.4 Å². The summed E-state index contributed by atoms with van der Waals surface area (Å²) in [4.78, 5) is 26.8. The third kappa shape index (κ3) is 6.64. The van der Waals surface area contributed by atoms with E-state index in [9.17, 15) is 9.59 Å². The maximum Gasteiger partial charge on any atom is 0.319 e. The number of anilines is 1. The summed E-state index contributed by atoms with van der Waals surface area (Å²) in [7, 11) is 0. The number of likely N-dealkylation sites (tertiary alicyclic amines) is 1. The summed E-state index contributed by atoms with van der Waals surface area (Å²) in [6.45, 7) is 5.51. The smallest absolute Gasteiger partial charge is 0.319 e. The molecule has 0 aromatic heterocycles. The lowest BCUT2D eigenvalue weighted by atomic mass is 9.98. The molecule has 0 unspecified atom stereocenters. The zero-order chi connectivity index (χ0) is 22.1.